The number of amides is 3. The molecule has 3 aromatic rings. The normalized spacial score (nSPS) is 17.7. The lowest BCUT2D eigenvalue weighted by Gasteiger charge is -2.30. The molecule has 1 aliphatic heterocycles. The predicted molar refractivity (Wildman–Crippen MR) is 164 cm³/mol. The van der Waals surface area contributed by atoms with Crippen LogP contribution in [-0.2, 0) is 27.3 Å². The molecule has 228 valence electrons. The Balaban J connectivity index is 1.52. The summed E-state index contributed by atoms with van der Waals surface area (Å²) in [6.45, 7) is 2.02. The number of aliphatic hydroxyl groups excluding tert-OH is 1. The van der Waals surface area contributed by atoms with Crippen molar-refractivity contribution in [2.45, 2.75) is 50.6 Å². The van der Waals surface area contributed by atoms with Crippen molar-refractivity contribution in [3.8, 4) is 5.75 Å². The Kier molecular flexibility index (Phi) is 10.4. The number of carbonyl (C=O) groups is 3. The fraction of sp³-hybridized carbons (Fsp3) is 0.364. The number of hydrogen-bond donors (Lipinski definition) is 4. The van der Waals surface area contributed by atoms with Crippen LogP contribution in [0.2, 0.25) is 0 Å². The van der Waals surface area contributed by atoms with Gasteiger partial charge >= 0.3 is 0 Å². The highest BCUT2D eigenvalue weighted by Gasteiger charge is 2.43. The lowest BCUT2D eigenvalue weighted by Crippen LogP contribution is -2.55. The number of rotatable bonds is 11. The average Bonchev–Trinajstić information content (AvgIpc) is 3.45. The van der Waals surface area contributed by atoms with Gasteiger partial charge in [-0.1, -0.05) is 48.5 Å². The third-order valence-corrected chi connectivity index (χ3v) is 7.90. The molecule has 4 rings (SSSR count). The topological polar surface area (TPSA) is 131 Å². The third-order valence-electron chi connectivity index (χ3n) is 7.90. The number of likely N-dealkylation sites (tertiary alicyclic amines) is 1. The summed E-state index contributed by atoms with van der Waals surface area (Å²) in [5.41, 5.74) is 3.36. The number of nitrogens with one attached hydrogen (secondary N) is 2. The number of anilines is 1. The molecule has 4 N–H and O–H groups in total. The van der Waals surface area contributed by atoms with E-state index in [9.17, 15) is 24.6 Å². The van der Waals surface area contributed by atoms with Gasteiger partial charge in [0.25, 0.3) is 11.8 Å². The number of aromatic hydroxyl groups is 1. The van der Waals surface area contributed by atoms with Crippen molar-refractivity contribution in [2.75, 3.05) is 32.6 Å². The van der Waals surface area contributed by atoms with Crippen molar-refractivity contribution in [1.29, 1.82) is 0 Å². The van der Waals surface area contributed by atoms with Crippen molar-refractivity contribution in [1.82, 2.24) is 15.5 Å². The molecule has 10 heteroatoms. The van der Waals surface area contributed by atoms with Gasteiger partial charge in [0, 0.05) is 57.5 Å². The highest BCUT2D eigenvalue weighted by molar-refractivity contribution is 5.97. The number of nitrogens with zero attached hydrogens (tertiary/aromatic N) is 2. The first kappa shape index (κ1) is 31.5. The molecule has 3 amide bonds. The van der Waals surface area contributed by atoms with Crippen LogP contribution in [0.4, 0.5) is 5.69 Å². The van der Waals surface area contributed by atoms with Gasteiger partial charge < -0.3 is 35.4 Å². The molecule has 0 bridgehead atoms. The van der Waals surface area contributed by atoms with E-state index in [4.69, 9.17) is 4.74 Å². The summed E-state index contributed by atoms with van der Waals surface area (Å²) in [5, 5.41) is 27.2. The Morgan fingerprint density at radius 1 is 1.00 bits per heavy atom. The SMILES string of the molecule is COC1CC(C(=O)NCc2ccc(N(C)C)cc2)N(C(=O)C(O)C(Cc2ccccc2)NC(=O)c2cccc(O)c2C)C1. The molecule has 1 saturated heterocycles. The first-order chi connectivity index (χ1) is 20.6. The van der Waals surface area contributed by atoms with Crippen molar-refractivity contribution in [3.63, 3.8) is 0 Å². The molecule has 1 heterocycles. The van der Waals surface area contributed by atoms with Crippen LogP contribution in [0.25, 0.3) is 0 Å². The van der Waals surface area contributed by atoms with E-state index in [1.165, 1.54) is 18.1 Å². The van der Waals surface area contributed by atoms with Crippen molar-refractivity contribution >= 4 is 23.4 Å². The average molecular weight is 589 g/mol. The highest BCUT2D eigenvalue weighted by atomic mass is 16.5. The van der Waals surface area contributed by atoms with Crippen LogP contribution >= 0.6 is 0 Å². The van der Waals surface area contributed by atoms with Crippen LogP contribution in [0.5, 0.6) is 5.75 Å². The molecular weight excluding hydrogens is 548 g/mol. The largest absolute Gasteiger partial charge is 0.508 e. The Labute approximate surface area is 252 Å². The van der Waals surface area contributed by atoms with Crippen molar-refractivity contribution in [2.24, 2.45) is 0 Å². The minimum atomic E-state index is -1.65. The summed E-state index contributed by atoms with van der Waals surface area (Å²) >= 11 is 0. The molecule has 0 aromatic heterocycles. The summed E-state index contributed by atoms with van der Waals surface area (Å²) in [4.78, 5) is 43.8. The van der Waals surface area contributed by atoms with E-state index in [2.05, 4.69) is 10.6 Å². The van der Waals surface area contributed by atoms with Gasteiger partial charge in [-0.25, -0.2) is 0 Å². The lowest BCUT2D eigenvalue weighted by atomic mass is 9.98. The minimum absolute atomic E-state index is 0.0333. The van der Waals surface area contributed by atoms with Crippen LogP contribution in [-0.4, -0.2) is 84.9 Å². The van der Waals surface area contributed by atoms with Crippen LogP contribution in [0, 0.1) is 6.92 Å². The number of benzene rings is 3. The maximum atomic E-state index is 13.8. The summed E-state index contributed by atoms with van der Waals surface area (Å²) < 4.78 is 5.50. The smallest absolute Gasteiger partial charge is 0.254 e. The lowest BCUT2D eigenvalue weighted by molar-refractivity contribution is -0.146. The second kappa shape index (κ2) is 14.2. The Morgan fingerprint density at radius 2 is 1.70 bits per heavy atom. The maximum absolute atomic E-state index is 13.8. The molecule has 43 heavy (non-hydrogen) atoms. The molecule has 0 aliphatic carbocycles. The van der Waals surface area contributed by atoms with Gasteiger partial charge in [-0.3, -0.25) is 14.4 Å². The maximum Gasteiger partial charge on any atom is 0.254 e. The summed E-state index contributed by atoms with van der Waals surface area (Å²) in [7, 11) is 5.42. The fourth-order valence-corrected chi connectivity index (χ4v) is 5.25. The molecule has 0 spiro atoms. The van der Waals surface area contributed by atoms with Crippen LogP contribution in [0.15, 0.2) is 72.8 Å². The van der Waals surface area contributed by atoms with Crippen LogP contribution < -0.4 is 15.5 Å². The van der Waals surface area contributed by atoms with Crippen molar-refractivity contribution in [3.05, 3.63) is 95.1 Å². The molecular formula is C33H40N4O6. The molecule has 4 unspecified atom stereocenters. The van der Waals surface area contributed by atoms with E-state index >= 15 is 0 Å². The van der Waals surface area contributed by atoms with Crippen LogP contribution in [0.3, 0.4) is 0 Å². The molecule has 0 radical (unpaired) electrons. The number of aliphatic hydroxyl groups is 1. The second-order valence-corrected chi connectivity index (χ2v) is 11.0. The van der Waals surface area contributed by atoms with E-state index in [1.807, 2.05) is 73.6 Å². The third kappa shape index (κ3) is 7.71. The molecule has 10 nitrogen and oxygen atoms in total. The first-order valence-electron chi connectivity index (χ1n) is 14.3. The van der Waals surface area contributed by atoms with E-state index in [0.29, 0.717) is 5.56 Å². The Morgan fingerprint density at radius 3 is 2.35 bits per heavy atom. The highest BCUT2D eigenvalue weighted by Crippen LogP contribution is 2.24. The number of phenols is 1. The predicted octanol–water partition coefficient (Wildman–Crippen LogP) is 2.40. The van der Waals surface area contributed by atoms with Gasteiger partial charge in [0.2, 0.25) is 5.91 Å². The van der Waals surface area contributed by atoms with Gasteiger partial charge in [0.05, 0.1) is 12.1 Å². The van der Waals surface area contributed by atoms with Gasteiger partial charge in [0.15, 0.2) is 6.10 Å². The minimum Gasteiger partial charge on any atom is -0.508 e. The van der Waals surface area contributed by atoms with Crippen molar-refractivity contribution < 1.29 is 29.3 Å². The number of ether oxygens (including phenoxy) is 1. The zero-order valence-corrected chi connectivity index (χ0v) is 25.0. The van der Waals surface area contributed by atoms with Gasteiger partial charge in [0.1, 0.15) is 11.8 Å². The zero-order valence-electron chi connectivity index (χ0n) is 25.0. The fourth-order valence-electron chi connectivity index (χ4n) is 5.25. The molecule has 4 atom stereocenters. The first-order valence-corrected chi connectivity index (χ1v) is 14.3. The van der Waals surface area contributed by atoms with E-state index in [1.54, 1.807) is 19.1 Å². The molecule has 0 saturated carbocycles. The van der Waals surface area contributed by atoms with E-state index in [-0.39, 0.29) is 49.3 Å². The van der Waals surface area contributed by atoms with Gasteiger partial charge in [-0.05, 0) is 48.7 Å². The van der Waals surface area contributed by atoms with E-state index in [0.717, 1.165) is 16.8 Å². The second-order valence-electron chi connectivity index (χ2n) is 11.0. The quantitative estimate of drug-likeness (QED) is 0.271. The Bertz CT molecular complexity index is 1410. The van der Waals surface area contributed by atoms with Gasteiger partial charge in [-0.15, -0.1) is 0 Å². The summed E-state index contributed by atoms with van der Waals surface area (Å²) in [5.74, 6) is -1.60. The molecule has 1 aliphatic rings. The summed E-state index contributed by atoms with van der Waals surface area (Å²) in [6.07, 6.45) is -1.59. The Hall–Kier alpha value is -4.41. The summed E-state index contributed by atoms with van der Waals surface area (Å²) in [6, 6.07) is 19.7. The van der Waals surface area contributed by atoms with E-state index < -0.39 is 30.0 Å². The number of methoxy groups -OCH3 is 1. The standard InChI is InChI=1S/C33H40N4O6/c1-21-26(11-8-12-29(21)38)31(40)35-27(17-22-9-6-5-7-10-22)30(39)33(42)37-20-25(43-4)18-28(37)32(41)34-19-23-13-15-24(16-14-23)36(2)3/h5-16,25,27-28,30,38-39H,17-20H2,1-4H3,(H,34,41)(H,35,40). The van der Waals surface area contributed by atoms with Gasteiger partial charge in [-0.2, -0.15) is 0 Å². The number of phenolic OH excluding ortho intramolecular Hbond substituents is 1. The number of hydrogen-bond acceptors (Lipinski definition) is 7. The zero-order chi connectivity index (χ0) is 31.1. The number of carbonyl (C=O) groups excluding carboxylic acids is 3. The molecule has 3 aromatic carbocycles. The van der Waals surface area contributed by atoms with Crippen LogP contribution in [0.1, 0.15) is 33.5 Å². The molecule has 1 fully saturated rings. The monoisotopic (exact) mass is 588 g/mol.